The van der Waals surface area contributed by atoms with Gasteiger partial charge in [-0.2, -0.15) is 0 Å². The lowest BCUT2D eigenvalue weighted by atomic mass is 10.2. The molecular formula is C10H13N3O. The molecule has 1 aliphatic heterocycles. The van der Waals surface area contributed by atoms with Crippen molar-refractivity contribution < 1.29 is 4.79 Å². The Balaban J connectivity index is 3.17. The fourth-order valence-electron chi connectivity index (χ4n) is 1.21. The standard InChI is InChI=1S/C10H13N3O/c1-4-8(9(11)14)10-12-6(2)5-7(3)13-10/h4-5,12H,1H2,2-3H3,(H2,11,14)/b10-8-. The second kappa shape index (κ2) is 3.91. The van der Waals surface area contributed by atoms with Crippen molar-refractivity contribution in [2.45, 2.75) is 13.8 Å². The molecular weight excluding hydrogens is 178 g/mol. The normalized spacial score (nSPS) is 19.0. The molecule has 0 aromatic carbocycles. The number of rotatable bonds is 2. The van der Waals surface area contributed by atoms with E-state index in [1.165, 1.54) is 6.08 Å². The van der Waals surface area contributed by atoms with Crippen LogP contribution in [-0.2, 0) is 4.79 Å². The molecule has 3 N–H and O–H groups in total. The van der Waals surface area contributed by atoms with Gasteiger partial charge in [0.2, 0.25) is 0 Å². The van der Waals surface area contributed by atoms with E-state index in [0.717, 1.165) is 11.4 Å². The monoisotopic (exact) mass is 191 g/mol. The smallest absolute Gasteiger partial charge is 0.252 e. The first-order valence-corrected chi connectivity index (χ1v) is 4.21. The van der Waals surface area contributed by atoms with Gasteiger partial charge in [0.1, 0.15) is 5.82 Å². The molecule has 1 rings (SSSR count). The van der Waals surface area contributed by atoms with Crippen LogP contribution < -0.4 is 11.1 Å². The van der Waals surface area contributed by atoms with Crippen LogP contribution in [0.2, 0.25) is 0 Å². The summed E-state index contributed by atoms with van der Waals surface area (Å²) in [5.41, 5.74) is 7.23. The van der Waals surface area contributed by atoms with Gasteiger partial charge in [0.15, 0.2) is 0 Å². The quantitative estimate of drug-likeness (QED) is 0.635. The summed E-state index contributed by atoms with van der Waals surface area (Å²) in [6, 6.07) is 0. The van der Waals surface area contributed by atoms with Gasteiger partial charge in [0, 0.05) is 11.4 Å². The van der Waals surface area contributed by atoms with Crippen LogP contribution in [0.4, 0.5) is 0 Å². The maximum atomic E-state index is 11.0. The molecule has 0 radical (unpaired) electrons. The minimum absolute atomic E-state index is 0.303. The summed E-state index contributed by atoms with van der Waals surface area (Å²) >= 11 is 0. The average molecular weight is 191 g/mol. The highest BCUT2D eigenvalue weighted by molar-refractivity contribution is 5.98. The van der Waals surface area contributed by atoms with Crippen molar-refractivity contribution in [1.82, 2.24) is 5.32 Å². The summed E-state index contributed by atoms with van der Waals surface area (Å²) < 4.78 is 0. The third kappa shape index (κ3) is 2.10. The van der Waals surface area contributed by atoms with Crippen LogP contribution in [0, 0.1) is 0 Å². The molecule has 1 amide bonds. The van der Waals surface area contributed by atoms with Crippen LogP contribution in [-0.4, -0.2) is 11.6 Å². The molecule has 0 atom stereocenters. The Bertz CT molecular complexity index is 375. The van der Waals surface area contributed by atoms with Gasteiger partial charge in [-0.05, 0) is 19.9 Å². The van der Waals surface area contributed by atoms with Crippen molar-refractivity contribution >= 4 is 11.6 Å². The van der Waals surface area contributed by atoms with Gasteiger partial charge in [0.25, 0.3) is 5.91 Å². The molecule has 0 bridgehead atoms. The highest BCUT2D eigenvalue weighted by Crippen LogP contribution is 2.11. The van der Waals surface area contributed by atoms with E-state index in [1.807, 2.05) is 19.9 Å². The number of amides is 1. The first-order valence-electron chi connectivity index (χ1n) is 4.21. The molecule has 0 fully saturated rings. The highest BCUT2D eigenvalue weighted by Gasteiger charge is 2.11. The van der Waals surface area contributed by atoms with Gasteiger partial charge in [-0.3, -0.25) is 4.79 Å². The highest BCUT2D eigenvalue weighted by atomic mass is 16.1. The van der Waals surface area contributed by atoms with E-state index < -0.39 is 5.91 Å². The summed E-state index contributed by atoms with van der Waals surface area (Å²) in [4.78, 5) is 15.2. The molecule has 14 heavy (non-hydrogen) atoms. The van der Waals surface area contributed by atoms with Gasteiger partial charge in [0.05, 0.1) is 5.57 Å². The lowest BCUT2D eigenvalue weighted by Crippen LogP contribution is -2.23. The van der Waals surface area contributed by atoms with Crippen LogP contribution in [0.5, 0.6) is 0 Å². The Morgan fingerprint density at radius 2 is 2.29 bits per heavy atom. The topological polar surface area (TPSA) is 67.5 Å². The van der Waals surface area contributed by atoms with E-state index in [1.54, 1.807) is 0 Å². The zero-order valence-electron chi connectivity index (χ0n) is 8.29. The summed E-state index contributed by atoms with van der Waals surface area (Å²) in [5, 5.41) is 2.96. The Morgan fingerprint density at radius 3 is 2.71 bits per heavy atom. The third-order valence-electron chi connectivity index (χ3n) is 1.75. The van der Waals surface area contributed by atoms with E-state index in [2.05, 4.69) is 16.9 Å². The maximum Gasteiger partial charge on any atom is 0.252 e. The fourth-order valence-corrected chi connectivity index (χ4v) is 1.21. The Morgan fingerprint density at radius 1 is 1.64 bits per heavy atom. The Hall–Kier alpha value is -1.84. The average Bonchev–Trinajstić information content (AvgIpc) is 2.02. The summed E-state index contributed by atoms with van der Waals surface area (Å²) in [6.07, 6.45) is 3.28. The zero-order chi connectivity index (χ0) is 10.7. The van der Waals surface area contributed by atoms with Gasteiger partial charge < -0.3 is 11.1 Å². The molecule has 0 unspecified atom stereocenters. The molecule has 0 aromatic heterocycles. The maximum absolute atomic E-state index is 11.0. The van der Waals surface area contributed by atoms with Crippen LogP contribution in [0.1, 0.15) is 13.8 Å². The number of hydrogen-bond donors (Lipinski definition) is 2. The number of allylic oxidation sites excluding steroid dienone is 2. The molecule has 0 aromatic rings. The number of hydrogen-bond acceptors (Lipinski definition) is 3. The summed E-state index contributed by atoms with van der Waals surface area (Å²) in [5.74, 6) is -0.0706. The number of carbonyl (C=O) groups excluding carboxylic acids is 1. The van der Waals surface area contributed by atoms with Gasteiger partial charge in [-0.15, -0.1) is 0 Å². The Labute approximate surface area is 82.9 Å². The van der Waals surface area contributed by atoms with Crippen molar-refractivity contribution in [2.24, 2.45) is 10.7 Å². The van der Waals surface area contributed by atoms with Crippen molar-refractivity contribution in [3.8, 4) is 0 Å². The van der Waals surface area contributed by atoms with Crippen LogP contribution in [0.15, 0.2) is 40.8 Å². The van der Waals surface area contributed by atoms with Gasteiger partial charge in [-0.25, -0.2) is 4.99 Å². The summed E-state index contributed by atoms with van der Waals surface area (Å²) in [6.45, 7) is 7.26. The SMILES string of the molecule is C=C/C(C(N)=O)=C1/N=C(C)C=C(C)N1. The largest absolute Gasteiger partial charge is 0.365 e. The molecule has 0 aliphatic carbocycles. The summed E-state index contributed by atoms with van der Waals surface area (Å²) in [7, 11) is 0. The van der Waals surface area contributed by atoms with E-state index >= 15 is 0 Å². The third-order valence-corrected chi connectivity index (χ3v) is 1.75. The van der Waals surface area contributed by atoms with Crippen LogP contribution in [0.25, 0.3) is 0 Å². The van der Waals surface area contributed by atoms with Crippen molar-refractivity contribution in [3.05, 3.63) is 35.8 Å². The molecule has 0 spiro atoms. The second-order valence-electron chi connectivity index (χ2n) is 3.04. The number of primary amides is 1. The van der Waals surface area contributed by atoms with E-state index in [9.17, 15) is 4.79 Å². The van der Waals surface area contributed by atoms with Crippen molar-refractivity contribution in [2.75, 3.05) is 0 Å². The number of aliphatic imine (C=N–C) groups is 1. The van der Waals surface area contributed by atoms with Crippen molar-refractivity contribution in [3.63, 3.8) is 0 Å². The molecule has 1 aliphatic rings. The second-order valence-corrected chi connectivity index (χ2v) is 3.04. The molecule has 0 saturated heterocycles. The Kier molecular flexibility index (Phi) is 2.86. The lowest BCUT2D eigenvalue weighted by molar-refractivity contribution is -0.114. The molecule has 4 nitrogen and oxygen atoms in total. The minimum atomic E-state index is -0.534. The van der Waals surface area contributed by atoms with Crippen LogP contribution >= 0.6 is 0 Å². The fraction of sp³-hybridized carbons (Fsp3) is 0.200. The van der Waals surface area contributed by atoms with E-state index in [0.29, 0.717) is 11.4 Å². The van der Waals surface area contributed by atoms with E-state index in [4.69, 9.17) is 5.73 Å². The molecule has 74 valence electrons. The van der Waals surface area contributed by atoms with Gasteiger partial charge >= 0.3 is 0 Å². The minimum Gasteiger partial charge on any atom is -0.365 e. The predicted octanol–water partition coefficient (Wildman–Crippen LogP) is 0.837. The predicted molar refractivity (Wildman–Crippen MR) is 56.4 cm³/mol. The molecule has 0 saturated carbocycles. The lowest BCUT2D eigenvalue weighted by Gasteiger charge is -2.14. The zero-order valence-corrected chi connectivity index (χ0v) is 8.29. The van der Waals surface area contributed by atoms with E-state index in [-0.39, 0.29) is 0 Å². The number of carbonyl (C=O) groups is 1. The van der Waals surface area contributed by atoms with Gasteiger partial charge in [-0.1, -0.05) is 12.7 Å². The molecule has 1 heterocycles. The molecule has 4 heteroatoms. The number of nitrogens with two attached hydrogens (primary N) is 1. The number of nitrogens with zero attached hydrogens (tertiary/aromatic N) is 1. The van der Waals surface area contributed by atoms with Crippen LogP contribution in [0.3, 0.4) is 0 Å². The first-order chi connectivity index (χ1) is 6.54. The first kappa shape index (κ1) is 10.2. The number of nitrogens with one attached hydrogen (secondary N) is 1. The van der Waals surface area contributed by atoms with Crippen molar-refractivity contribution in [1.29, 1.82) is 0 Å².